The third-order valence-corrected chi connectivity index (χ3v) is 1.64. The van der Waals surface area contributed by atoms with Gasteiger partial charge in [0.25, 0.3) is 0 Å². The summed E-state index contributed by atoms with van der Waals surface area (Å²) in [5.41, 5.74) is 0. The molecule has 0 aromatic rings. The van der Waals surface area contributed by atoms with Gasteiger partial charge in [-0.05, 0) is 12.6 Å². The smallest absolute Gasteiger partial charge is 0.142 e. The number of carbonyl (C=O) groups excluding carboxylic acids is 1. The SMILES string of the molecule is CCN(C/C=C/C=O)CCOC. The number of hydrogen-bond acceptors (Lipinski definition) is 3. The molecule has 0 unspecified atom stereocenters. The fraction of sp³-hybridized carbons (Fsp3) is 0.667. The Bertz CT molecular complexity index is 134. The van der Waals surface area contributed by atoms with Gasteiger partial charge in [-0.15, -0.1) is 0 Å². The van der Waals surface area contributed by atoms with E-state index in [1.54, 1.807) is 7.11 Å². The lowest BCUT2D eigenvalue weighted by molar-refractivity contribution is -0.104. The monoisotopic (exact) mass is 171 g/mol. The molecule has 0 amide bonds. The molecule has 0 heterocycles. The molecule has 0 saturated heterocycles. The van der Waals surface area contributed by atoms with Crippen LogP contribution in [0.1, 0.15) is 6.92 Å². The van der Waals surface area contributed by atoms with Gasteiger partial charge < -0.3 is 4.74 Å². The van der Waals surface area contributed by atoms with Gasteiger partial charge in [-0.3, -0.25) is 9.69 Å². The first-order valence-electron chi connectivity index (χ1n) is 4.16. The van der Waals surface area contributed by atoms with Crippen molar-refractivity contribution in [3.8, 4) is 0 Å². The van der Waals surface area contributed by atoms with Crippen molar-refractivity contribution in [2.24, 2.45) is 0 Å². The van der Waals surface area contributed by atoms with Crippen LogP contribution in [-0.4, -0.2) is 44.5 Å². The summed E-state index contributed by atoms with van der Waals surface area (Å²) in [4.78, 5) is 12.2. The summed E-state index contributed by atoms with van der Waals surface area (Å²) in [6, 6.07) is 0. The molecule has 0 bridgehead atoms. The number of hydrogen-bond donors (Lipinski definition) is 0. The summed E-state index contributed by atoms with van der Waals surface area (Å²) in [6.45, 7) is 5.54. The van der Waals surface area contributed by atoms with Crippen LogP contribution in [0.2, 0.25) is 0 Å². The molecule has 70 valence electrons. The first-order valence-corrected chi connectivity index (χ1v) is 4.16. The minimum atomic E-state index is 0.739. The highest BCUT2D eigenvalue weighted by Gasteiger charge is 1.97. The Morgan fingerprint density at radius 1 is 1.50 bits per heavy atom. The number of likely N-dealkylation sites (N-methyl/N-ethyl adjacent to an activating group) is 1. The minimum Gasteiger partial charge on any atom is -0.383 e. The molecule has 0 N–H and O–H groups in total. The van der Waals surface area contributed by atoms with Gasteiger partial charge in [0.1, 0.15) is 6.29 Å². The second-order valence-electron chi connectivity index (χ2n) is 2.45. The standard InChI is InChI=1S/C9H17NO2/c1-3-10(7-9-12-2)6-4-5-8-11/h4-5,8H,3,6-7,9H2,1-2H3/b5-4+. The largest absolute Gasteiger partial charge is 0.383 e. The molecule has 0 fully saturated rings. The van der Waals surface area contributed by atoms with Crippen LogP contribution >= 0.6 is 0 Å². The third-order valence-electron chi connectivity index (χ3n) is 1.64. The maximum absolute atomic E-state index is 9.96. The number of aldehydes is 1. The fourth-order valence-electron chi connectivity index (χ4n) is 0.864. The Morgan fingerprint density at radius 2 is 2.25 bits per heavy atom. The van der Waals surface area contributed by atoms with Crippen molar-refractivity contribution in [2.75, 3.05) is 33.4 Å². The summed E-state index contributed by atoms with van der Waals surface area (Å²) in [6.07, 6.45) is 4.17. The maximum atomic E-state index is 9.96. The Kier molecular flexibility index (Phi) is 7.96. The van der Waals surface area contributed by atoms with Crippen molar-refractivity contribution < 1.29 is 9.53 Å². The van der Waals surface area contributed by atoms with E-state index in [2.05, 4.69) is 11.8 Å². The molecule has 0 spiro atoms. The van der Waals surface area contributed by atoms with E-state index < -0.39 is 0 Å². The quantitative estimate of drug-likeness (QED) is 0.417. The number of carbonyl (C=O) groups is 1. The Labute approximate surface area is 74.0 Å². The molecule has 12 heavy (non-hydrogen) atoms. The molecule has 0 aromatic carbocycles. The predicted octanol–water partition coefficient (Wildman–Crippen LogP) is 0.710. The molecule has 3 heteroatoms. The molecule has 0 saturated carbocycles. The van der Waals surface area contributed by atoms with Gasteiger partial charge in [0.05, 0.1) is 6.61 Å². The topological polar surface area (TPSA) is 29.5 Å². The summed E-state index contributed by atoms with van der Waals surface area (Å²) in [7, 11) is 1.69. The number of rotatable bonds is 7. The average Bonchev–Trinajstić information content (AvgIpc) is 2.11. The van der Waals surface area contributed by atoms with Gasteiger partial charge in [-0.2, -0.15) is 0 Å². The highest BCUT2D eigenvalue weighted by atomic mass is 16.5. The van der Waals surface area contributed by atoms with E-state index in [9.17, 15) is 4.79 Å². The van der Waals surface area contributed by atoms with Gasteiger partial charge in [0.2, 0.25) is 0 Å². The summed E-state index contributed by atoms with van der Waals surface area (Å²) in [5, 5.41) is 0. The first kappa shape index (κ1) is 11.3. The molecule has 0 rings (SSSR count). The van der Waals surface area contributed by atoms with Crippen molar-refractivity contribution in [1.82, 2.24) is 4.90 Å². The Balaban J connectivity index is 3.51. The Hall–Kier alpha value is -0.670. The van der Waals surface area contributed by atoms with Gasteiger partial charge in [0, 0.05) is 20.2 Å². The normalized spacial score (nSPS) is 11.2. The molecular weight excluding hydrogens is 154 g/mol. The molecule has 0 aromatic heterocycles. The van der Waals surface area contributed by atoms with Crippen LogP contribution in [0.25, 0.3) is 0 Å². The van der Waals surface area contributed by atoms with Crippen LogP contribution in [0.4, 0.5) is 0 Å². The number of allylic oxidation sites excluding steroid dienone is 1. The highest BCUT2D eigenvalue weighted by Crippen LogP contribution is 1.87. The van der Waals surface area contributed by atoms with E-state index in [0.717, 1.165) is 32.5 Å². The van der Waals surface area contributed by atoms with Crippen LogP contribution in [0.5, 0.6) is 0 Å². The first-order chi connectivity index (χ1) is 5.85. The van der Waals surface area contributed by atoms with Crippen molar-refractivity contribution in [1.29, 1.82) is 0 Å². The lowest BCUT2D eigenvalue weighted by atomic mass is 10.4. The highest BCUT2D eigenvalue weighted by molar-refractivity contribution is 5.64. The van der Waals surface area contributed by atoms with E-state index in [4.69, 9.17) is 4.74 Å². The second kappa shape index (κ2) is 8.43. The lowest BCUT2D eigenvalue weighted by Crippen LogP contribution is -2.27. The van der Waals surface area contributed by atoms with E-state index >= 15 is 0 Å². The summed E-state index contributed by atoms with van der Waals surface area (Å²) in [5.74, 6) is 0. The zero-order valence-corrected chi connectivity index (χ0v) is 7.82. The zero-order chi connectivity index (χ0) is 9.23. The molecule has 0 aliphatic carbocycles. The van der Waals surface area contributed by atoms with Crippen molar-refractivity contribution in [2.45, 2.75) is 6.92 Å². The maximum Gasteiger partial charge on any atom is 0.142 e. The van der Waals surface area contributed by atoms with Gasteiger partial charge in [0.15, 0.2) is 0 Å². The summed E-state index contributed by atoms with van der Waals surface area (Å²) >= 11 is 0. The molecule has 3 nitrogen and oxygen atoms in total. The van der Waals surface area contributed by atoms with Gasteiger partial charge in [-0.25, -0.2) is 0 Å². The van der Waals surface area contributed by atoms with Crippen LogP contribution in [0.3, 0.4) is 0 Å². The number of nitrogens with zero attached hydrogens (tertiary/aromatic N) is 1. The minimum absolute atomic E-state index is 0.739. The second-order valence-corrected chi connectivity index (χ2v) is 2.45. The average molecular weight is 171 g/mol. The number of methoxy groups -OCH3 is 1. The molecule has 0 atom stereocenters. The lowest BCUT2D eigenvalue weighted by Gasteiger charge is -2.17. The van der Waals surface area contributed by atoms with E-state index in [1.165, 1.54) is 6.08 Å². The zero-order valence-electron chi connectivity index (χ0n) is 7.82. The molecular formula is C9H17NO2. The van der Waals surface area contributed by atoms with Crippen LogP contribution in [-0.2, 0) is 9.53 Å². The van der Waals surface area contributed by atoms with Crippen molar-refractivity contribution >= 4 is 6.29 Å². The van der Waals surface area contributed by atoms with Gasteiger partial charge >= 0.3 is 0 Å². The van der Waals surface area contributed by atoms with E-state index in [1.807, 2.05) is 6.08 Å². The van der Waals surface area contributed by atoms with Gasteiger partial charge in [-0.1, -0.05) is 13.0 Å². The van der Waals surface area contributed by atoms with Crippen LogP contribution < -0.4 is 0 Å². The Morgan fingerprint density at radius 3 is 2.75 bits per heavy atom. The fourth-order valence-corrected chi connectivity index (χ4v) is 0.864. The van der Waals surface area contributed by atoms with Crippen LogP contribution in [0, 0.1) is 0 Å². The molecule has 0 radical (unpaired) electrons. The third kappa shape index (κ3) is 6.07. The predicted molar refractivity (Wildman–Crippen MR) is 49.2 cm³/mol. The summed E-state index contributed by atoms with van der Waals surface area (Å²) < 4.78 is 4.95. The molecule has 0 aliphatic heterocycles. The van der Waals surface area contributed by atoms with Crippen molar-refractivity contribution in [3.05, 3.63) is 12.2 Å². The molecule has 0 aliphatic rings. The van der Waals surface area contributed by atoms with E-state index in [0.29, 0.717) is 0 Å². The van der Waals surface area contributed by atoms with Crippen molar-refractivity contribution in [3.63, 3.8) is 0 Å². The number of ether oxygens (including phenoxy) is 1. The van der Waals surface area contributed by atoms with Crippen LogP contribution in [0.15, 0.2) is 12.2 Å². The van der Waals surface area contributed by atoms with E-state index in [-0.39, 0.29) is 0 Å².